The Morgan fingerprint density at radius 2 is 1.58 bits per heavy atom. The molecule has 1 N–H and O–H groups in total. The third-order valence-electron chi connectivity index (χ3n) is 3.53. The highest BCUT2D eigenvalue weighted by Crippen LogP contribution is 2.23. The van der Waals surface area contributed by atoms with E-state index in [2.05, 4.69) is 18.0 Å². The summed E-state index contributed by atoms with van der Waals surface area (Å²) in [7, 11) is 0. The average molecular weight is 249 g/mol. The van der Waals surface area contributed by atoms with Crippen LogP contribution in [-0.2, 0) is 0 Å². The van der Waals surface area contributed by atoms with E-state index in [1.54, 1.807) is 0 Å². The highest BCUT2D eigenvalue weighted by atomic mass is 16.1. The van der Waals surface area contributed by atoms with Gasteiger partial charge in [0.2, 0.25) is 0 Å². The van der Waals surface area contributed by atoms with Crippen LogP contribution in [-0.4, -0.2) is 4.98 Å². The molecular formula is C17H15NO. The normalized spacial score (nSPS) is 10.8. The van der Waals surface area contributed by atoms with Crippen molar-refractivity contribution in [2.75, 3.05) is 0 Å². The molecule has 2 heteroatoms. The predicted molar refractivity (Wildman–Crippen MR) is 79.5 cm³/mol. The first-order chi connectivity index (χ1) is 9.16. The summed E-state index contributed by atoms with van der Waals surface area (Å²) in [4.78, 5) is 15.3. The Balaban J connectivity index is 2.37. The molecule has 0 bridgehead atoms. The fraction of sp³-hybridized carbons (Fsp3) is 0.118. The molecule has 0 unspecified atom stereocenters. The monoisotopic (exact) mass is 249 g/mol. The lowest BCUT2D eigenvalue weighted by Crippen LogP contribution is -2.09. The Kier molecular flexibility index (Phi) is 2.71. The summed E-state index contributed by atoms with van der Waals surface area (Å²) in [5.74, 6) is 0. The van der Waals surface area contributed by atoms with Crippen molar-refractivity contribution in [1.29, 1.82) is 0 Å². The highest BCUT2D eigenvalue weighted by Gasteiger charge is 2.08. The minimum Gasteiger partial charge on any atom is -0.321 e. The van der Waals surface area contributed by atoms with Crippen LogP contribution in [0.15, 0.2) is 53.3 Å². The van der Waals surface area contributed by atoms with Crippen LogP contribution in [0.1, 0.15) is 11.1 Å². The predicted octanol–water partition coefficient (Wildman–Crippen LogP) is 3.81. The first-order valence-electron chi connectivity index (χ1n) is 6.35. The van der Waals surface area contributed by atoms with Gasteiger partial charge in [-0.1, -0.05) is 42.5 Å². The second kappa shape index (κ2) is 4.39. The fourth-order valence-corrected chi connectivity index (χ4v) is 2.41. The first kappa shape index (κ1) is 11.7. The summed E-state index contributed by atoms with van der Waals surface area (Å²) in [6.45, 7) is 4.08. The first-order valence-corrected chi connectivity index (χ1v) is 6.35. The molecule has 0 saturated heterocycles. The number of nitrogens with one attached hydrogen (secondary N) is 1. The maximum absolute atomic E-state index is 12.2. The Morgan fingerprint density at radius 1 is 0.895 bits per heavy atom. The maximum atomic E-state index is 12.2. The van der Waals surface area contributed by atoms with Crippen LogP contribution < -0.4 is 5.56 Å². The van der Waals surface area contributed by atoms with Crippen LogP contribution in [0.25, 0.3) is 22.0 Å². The number of fused-ring (bicyclic) bond motifs is 1. The lowest BCUT2D eigenvalue weighted by atomic mass is 10.0. The number of aromatic nitrogens is 1. The van der Waals surface area contributed by atoms with Gasteiger partial charge in [0.1, 0.15) is 0 Å². The molecule has 0 aliphatic carbocycles. The van der Waals surface area contributed by atoms with E-state index in [4.69, 9.17) is 0 Å². The molecule has 0 aliphatic heterocycles. The zero-order valence-corrected chi connectivity index (χ0v) is 11.0. The Morgan fingerprint density at radius 3 is 2.32 bits per heavy atom. The minimum atomic E-state index is -0.0348. The van der Waals surface area contributed by atoms with E-state index in [0.29, 0.717) is 0 Å². The Bertz CT molecular complexity index is 801. The van der Waals surface area contributed by atoms with Gasteiger partial charge in [0.25, 0.3) is 5.56 Å². The molecule has 0 amide bonds. The van der Waals surface area contributed by atoms with Crippen molar-refractivity contribution >= 4 is 10.9 Å². The SMILES string of the molecule is Cc1ccc(C)c2[nH]c(=O)c(-c3ccccc3)cc12. The molecule has 0 radical (unpaired) electrons. The summed E-state index contributed by atoms with van der Waals surface area (Å²) in [5.41, 5.74) is 4.84. The van der Waals surface area contributed by atoms with E-state index in [1.165, 1.54) is 5.56 Å². The van der Waals surface area contributed by atoms with E-state index in [9.17, 15) is 4.79 Å². The van der Waals surface area contributed by atoms with Gasteiger partial charge in [0.05, 0.1) is 5.52 Å². The maximum Gasteiger partial charge on any atom is 0.256 e. The molecule has 2 aromatic carbocycles. The van der Waals surface area contributed by atoms with Gasteiger partial charge in [-0.2, -0.15) is 0 Å². The summed E-state index contributed by atoms with van der Waals surface area (Å²) >= 11 is 0. The summed E-state index contributed by atoms with van der Waals surface area (Å²) in [6.07, 6.45) is 0. The number of hydrogen-bond acceptors (Lipinski definition) is 1. The zero-order valence-electron chi connectivity index (χ0n) is 11.0. The minimum absolute atomic E-state index is 0.0348. The molecule has 0 atom stereocenters. The third kappa shape index (κ3) is 1.95. The number of aromatic amines is 1. The molecule has 0 saturated carbocycles. The van der Waals surface area contributed by atoms with Crippen molar-refractivity contribution in [3.63, 3.8) is 0 Å². The second-order valence-electron chi connectivity index (χ2n) is 4.87. The van der Waals surface area contributed by atoms with Gasteiger partial charge >= 0.3 is 0 Å². The summed E-state index contributed by atoms with van der Waals surface area (Å²) in [5, 5.41) is 1.11. The van der Waals surface area contributed by atoms with E-state index >= 15 is 0 Å². The van der Waals surface area contributed by atoms with Crippen molar-refractivity contribution in [2.24, 2.45) is 0 Å². The van der Waals surface area contributed by atoms with E-state index in [-0.39, 0.29) is 5.56 Å². The molecule has 3 aromatic rings. The van der Waals surface area contributed by atoms with Crippen LogP contribution in [0.5, 0.6) is 0 Å². The lowest BCUT2D eigenvalue weighted by Gasteiger charge is -2.08. The number of rotatable bonds is 1. The van der Waals surface area contributed by atoms with Gasteiger partial charge in [0, 0.05) is 10.9 Å². The van der Waals surface area contributed by atoms with Crippen molar-refractivity contribution in [2.45, 2.75) is 13.8 Å². The smallest absolute Gasteiger partial charge is 0.256 e. The van der Waals surface area contributed by atoms with Crippen molar-refractivity contribution < 1.29 is 0 Å². The Labute approximate surface area is 111 Å². The van der Waals surface area contributed by atoms with Crippen LogP contribution in [0.2, 0.25) is 0 Å². The molecule has 0 aliphatic rings. The number of hydrogen-bond donors (Lipinski definition) is 1. The summed E-state index contributed by atoms with van der Waals surface area (Å²) in [6, 6.07) is 15.9. The van der Waals surface area contributed by atoms with Gasteiger partial charge in [-0.25, -0.2) is 0 Å². The number of pyridine rings is 1. The summed E-state index contributed by atoms with van der Waals surface area (Å²) < 4.78 is 0. The molecule has 1 aromatic heterocycles. The van der Waals surface area contributed by atoms with Gasteiger partial charge in [-0.05, 0) is 36.6 Å². The number of benzene rings is 2. The highest BCUT2D eigenvalue weighted by molar-refractivity contribution is 5.88. The molecule has 3 rings (SSSR count). The largest absolute Gasteiger partial charge is 0.321 e. The van der Waals surface area contributed by atoms with Crippen molar-refractivity contribution in [1.82, 2.24) is 4.98 Å². The molecule has 19 heavy (non-hydrogen) atoms. The lowest BCUT2D eigenvalue weighted by molar-refractivity contribution is 1.27. The molecule has 0 spiro atoms. The zero-order chi connectivity index (χ0) is 13.4. The van der Waals surface area contributed by atoms with Crippen LogP contribution in [0, 0.1) is 13.8 Å². The van der Waals surface area contributed by atoms with E-state index in [0.717, 1.165) is 27.6 Å². The molecule has 0 fully saturated rings. The quantitative estimate of drug-likeness (QED) is 0.699. The molecule has 2 nitrogen and oxygen atoms in total. The van der Waals surface area contributed by atoms with Crippen LogP contribution >= 0.6 is 0 Å². The average Bonchev–Trinajstić information content (AvgIpc) is 2.44. The van der Waals surface area contributed by atoms with E-state index < -0.39 is 0 Å². The fourth-order valence-electron chi connectivity index (χ4n) is 2.41. The standard InChI is InChI=1S/C17H15NO/c1-11-8-9-12(2)16-14(11)10-15(17(19)18-16)13-6-4-3-5-7-13/h3-10H,1-2H3,(H,18,19). The number of H-pyrrole nitrogens is 1. The number of aryl methyl sites for hydroxylation is 2. The molecule has 1 heterocycles. The van der Waals surface area contributed by atoms with Crippen molar-refractivity contribution in [3.05, 3.63) is 70.0 Å². The second-order valence-corrected chi connectivity index (χ2v) is 4.87. The van der Waals surface area contributed by atoms with E-state index in [1.807, 2.05) is 49.4 Å². The van der Waals surface area contributed by atoms with Gasteiger partial charge in [-0.15, -0.1) is 0 Å². The molecular weight excluding hydrogens is 234 g/mol. The Hall–Kier alpha value is -2.35. The molecule has 94 valence electrons. The van der Waals surface area contributed by atoms with Gasteiger partial charge in [-0.3, -0.25) is 4.79 Å². The van der Waals surface area contributed by atoms with Gasteiger partial charge in [0.15, 0.2) is 0 Å². The van der Waals surface area contributed by atoms with Crippen LogP contribution in [0.3, 0.4) is 0 Å². The van der Waals surface area contributed by atoms with Gasteiger partial charge < -0.3 is 4.98 Å². The van der Waals surface area contributed by atoms with Crippen molar-refractivity contribution in [3.8, 4) is 11.1 Å². The third-order valence-corrected chi connectivity index (χ3v) is 3.53. The van der Waals surface area contributed by atoms with Crippen LogP contribution in [0.4, 0.5) is 0 Å². The topological polar surface area (TPSA) is 32.9 Å².